The van der Waals surface area contributed by atoms with Gasteiger partial charge >= 0.3 is 5.69 Å². The second-order valence-corrected chi connectivity index (χ2v) is 6.37. The van der Waals surface area contributed by atoms with Gasteiger partial charge in [-0.15, -0.1) is 0 Å². The standard InChI is InChI=1S/C16H19N3O/c1-16(2,3)10-6-7-12-11(8-10)14-13(9-17-12)18(4)15(20)19(14)5/h6-9H,1-5H3. The number of fused-ring (bicyclic) bond motifs is 3. The fourth-order valence-electron chi connectivity index (χ4n) is 2.66. The van der Waals surface area contributed by atoms with Crippen LogP contribution in [0.15, 0.2) is 29.2 Å². The Morgan fingerprint density at radius 2 is 1.80 bits per heavy atom. The number of nitrogens with zero attached hydrogens (tertiary/aromatic N) is 3. The Kier molecular flexibility index (Phi) is 2.55. The minimum absolute atomic E-state index is 0.0181. The molecule has 3 rings (SSSR count). The molecule has 4 nitrogen and oxygen atoms in total. The highest BCUT2D eigenvalue weighted by molar-refractivity contribution is 6.02. The lowest BCUT2D eigenvalue weighted by molar-refractivity contribution is 0.591. The van der Waals surface area contributed by atoms with Crippen LogP contribution in [0.2, 0.25) is 0 Å². The van der Waals surface area contributed by atoms with Crippen LogP contribution in [0.1, 0.15) is 26.3 Å². The molecule has 0 bridgehead atoms. The van der Waals surface area contributed by atoms with Crippen LogP contribution >= 0.6 is 0 Å². The number of pyridine rings is 1. The zero-order chi connectivity index (χ0) is 14.7. The van der Waals surface area contributed by atoms with Gasteiger partial charge in [0.25, 0.3) is 0 Å². The van der Waals surface area contributed by atoms with Crippen molar-refractivity contribution in [1.29, 1.82) is 0 Å². The molecule has 4 heteroatoms. The third-order valence-corrected chi connectivity index (χ3v) is 3.96. The summed E-state index contributed by atoms with van der Waals surface area (Å²) in [6, 6.07) is 6.30. The van der Waals surface area contributed by atoms with Crippen molar-refractivity contribution in [2.24, 2.45) is 14.1 Å². The first-order valence-corrected chi connectivity index (χ1v) is 6.75. The lowest BCUT2D eigenvalue weighted by Crippen LogP contribution is -2.19. The van der Waals surface area contributed by atoms with Gasteiger partial charge in [0.15, 0.2) is 0 Å². The summed E-state index contributed by atoms with van der Waals surface area (Å²) < 4.78 is 3.34. The Hall–Kier alpha value is -2.10. The molecule has 0 amide bonds. The lowest BCUT2D eigenvalue weighted by atomic mass is 9.86. The molecule has 0 saturated carbocycles. The maximum atomic E-state index is 12.1. The monoisotopic (exact) mass is 269 g/mol. The fraction of sp³-hybridized carbons (Fsp3) is 0.375. The molecule has 0 unspecified atom stereocenters. The topological polar surface area (TPSA) is 39.8 Å². The number of imidazole rings is 1. The van der Waals surface area contributed by atoms with Crippen molar-refractivity contribution in [1.82, 2.24) is 14.1 Å². The molecular weight excluding hydrogens is 250 g/mol. The second kappa shape index (κ2) is 3.95. The summed E-state index contributed by atoms with van der Waals surface area (Å²) >= 11 is 0. The third-order valence-electron chi connectivity index (χ3n) is 3.96. The average Bonchev–Trinajstić information content (AvgIpc) is 2.62. The molecule has 3 aromatic rings. The highest BCUT2D eigenvalue weighted by atomic mass is 16.1. The minimum atomic E-state index is -0.0181. The van der Waals surface area contributed by atoms with Gasteiger partial charge in [-0.3, -0.25) is 14.1 Å². The van der Waals surface area contributed by atoms with Crippen LogP contribution in [0.3, 0.4) is 0 Å². The van der Waals surface area contributed by atoms with E-state index in [1.807, 2.05) is 13.1 Å². The Labute approximate surface area is 117 Å². The van der Waals surface area contributed by atoms with Crippen LogP contribution in [0, 0.1) is 0 Å². The van der Waals surface area contributed by atoms with E-state index in [9.17, 15) is 4.79 Å². The van der Waals surface area contributed by atoms with Crippen molar-refractivity contribution in [3.63, 3.8) is 0 Å². The number of aromatic nitrogens is 3. The number of benzene rings is 1. The Balaban J connectivity index is 2.52. The zero-order valence-corrected chi connectivity index (χ0v) is 12.6. The molecule has 0 aliphatic heterocycles. The van der Waals surface area contributed by atoms with E-state index in [0.29, 0.717) is 0 Å². The summed E-state index contributed by atoms with van der Waals surface area (Å²) in [5, 5.41) is 1.04. The van der Waals surface area contributed by atoms with E-state index in [2.05, 4.69) is 37.9 Å². The van der Waals surface area contributed by atoms with Gasteiger partial charge < -0.3 is 0 Å². The minimum Gasteiger partial charge on any atom is -0.294 e. The van der Waals surface area contributed by atoms with Gasteiger partial charge in [0.1, 0.15) is 0 Å². The maximum absolute atomic E-state index is 12.1. The number of hydrogen-bond donors (Lipinski definition) is 0. The molecular formula is C16H19N3O. The largest absolute Gasteiger partial charge is 0.328 e. The lowest BCUT2D eigenvalue weighted by Gasteiger charge is -2.19. The van der Waals surface area contributed by atoms with E-state index in [1.54, 1.807) is 22.4 Å². The van der Waals surface area contributed by atoms with Crippen molar-refractivity contribution < 1.29 is 0 Å². The van der Waals surface area contributed by atoms with Gasteiger partial charge in [-0.1, -0.05) is 26.8 Å². The number of hydrogen-bond acceptors (Lipinski definition) is 2. The zero-order valence-electron chi connectivity index (χ0n) is 12.6. The van der Waals surface area contributed by atoms with Crippen LogP contribution in [0.25, 0.3) is 21.9 Å². The Morgan fingerprint density at radius 1 is 1.10 bits per heavy atom. The molecule has 0 aliphatic carbocycles. The number of aryl methyl sites for hydroxylation is 2. The van der Waals surface area contributed by atoms with Gasteiger partial charge in [0, 0.05) is 19.5 Å². The highest BCUT2D eigenvalue weighted by Gasteiger charge is 2.17. The first kappa shape index (κ1) is 12.9. The van der Waals surface area contributed by atoms with Crippen molar-refractivity contribution in [3.05, 3.63) is 40.4 Å². The van der Waals surface area contributed by atoms with E-state index < -0.39 is 0 Å². The van der Waals surface area contributed by atoms with Crippen LogP contribution in [0.4, 0.5) is 0 Å². The summed E-state index contributed by atoms with van der Waals surface area (Å²) in [7, 11) is 3.60. The smallest absolute Gasteiger partial charge is 0.294 e. The predicted octanol–water partition coefficient (Wildman–Crippen LogP) is 2.72. The van der Waals surface area contributed by atoms with Gasteiger partial charge in [-0.05, 0) is 23.1 Å². The first-order chi connectivity index (χ1) is 9.30. The summed E-state index contributed by atoms with van der Waals surface area (Å²) in [5.41, 5.74) is 4.05. The predicted molar refractivity (Wildman–Crippen MR) is 82.2 cm³/mol. The summed E-state index contributed by atoms with van der Waals surface area (Å²) in [5.74, 6) is 0. The van der Waals surface area contributed by atoms with E-state index in [0.717, 1.165) is 21.9 Å². The average molecular weight is 269 g/mol. The quantitative estimate of drug-likeness (QED) is 0.629. The SMILES string of the molecule is Cn1c(=O)n(C)c2c3cc(C(C)(C)C)ccc3ncc21. The van der Waals surface area contributed by atoms with Gasteiger partial charge in [0.2, 0.25) is 0 Å². The molecule has 0 spiro atoms. The van der Waals surface area contributed by atoms with Gasteiger partial charge in [-0.25, -0.2) is 4.79 Å². The van der Waals surface area contributed by atoms with E-state index >= 15 is 0 Å². The molecule has 0 fully saturated rings. The highest BCUT2D eigenvalue weighted by Crippen LogP contribution is 2.28. The molecule has 2 heterocycles. The molecule has 0 N–H and O–H groups in total. The molecule has 0 saturated heterocycles. The molecule has 0 radical (unpaired) electrons. The van der Waals surface area contributed by atoms with Crippen LogP contribution in [-0.4, -0.2) is 14.1 Å². The normalized spacial score (nSPS) is 12.4. The van der Waals surface area contributed by atoms with E-state index in [4.69, 9.17) is 0 Å². The van der Waals surface area contributed by atoms with Gasteiger partial charge in [-0.2, -0.15) is 0 Å². The van der Waals surface area contributed by atoms with Crippen molar-refractivity contribution in [3.8, 4) is 0 Å². The summed E-state index contributed by atoms with van der Waals surface area (Å²) in [6.07, 6.45) is 1.77. The van der Waals surface area contributed by atoms with Crippen molar-refractivity contribution in [2.75, 3.05) is 0 Å². The Morgan fingerprint density at radius 3 is 2.45 bits per heavy atom. The van der Waals surface area contributed by atoms with E-state index in [1.165, 1.54) is 5.56 Å². The van der Waals surface area contributed by atoms with E-state index in [-0.39, 0.29) is 11.1 Å². The van der Waals surface area contributed by atoms with Gasteiger partial charge in [0.05, 0.1) is 22.7 Å². The Bertz CT molecular complexity index is 878. The summed E-state index contributed by atoms with van der Waals surface area (Å²) in [6.45, 7) is 6.56. The van der Waals surface area contributed by atoms with Crippen LogP contribution in [-0.2, 0) is 19.5 Å². The molecule has 0 aliphatic rings. The molecule has 1 aromatic carbocycles. The fourth-order valence-corrected chi connectivity index (χ4v) is 2.66. The van der Waals surface area contributed by atoms with Crippen LogP contribution < -0.4 is 5.69 Å². The van der Waals surface area contributed by atoms with Crippen LogP contribution in [0.5, 0.6) is 0 Å². The molecule has 104 valence electrons. The summed E-state index contributed by atoms with van der Waals surface area (Å²) in [4.78, 5) is 16.6. The molecule has 2 aromatic heterocycles. The molecule has 0 atom stereocenters. The maximum Gasteiger partial charge on any atom is 0.328 e. The van der Waals surface area contributed by atoms with Crippen molar-refractivity contribution in [2.45, 2.75) is 26.2 Å². The van der Waals surface area contributed by atoms with Crippen molar-refractivity contribution >= 4 is 21.9 Å². The second-order valence-electron chi connectivity index (χ2n) is 6.37. The number of rotatable bonds is 0. The molecule has 20 heavy (non-hydrogen) atoms. The first-order valence-electron chi connectivity index (χ1n) is 6.75. The third kappa shape index (κ3) is 1.68.